The van der Waals surface area contributed by atoms with Gasteiger partial charge in [-0.15, -0.1) is 0 Å². The van der Waals surface area contributed by atoms with E-state index in [9.17, 15) is 4.79 Å². The van der Waals surface area contributed by atoms with E-state index in [2.05, 4.69) is 46.7 Å². The molecule has 3 fully saturated rings. The predicted molar refractivity (Wildman–Crippen MR) is 152 cm³/mol. The maximum Gasteiger partial charge on any atom is 0.229 e. The lowest BCUT2D eigenvalue weighted by molar-refractivity contribution is -0.125. The first-order valence-corrected chi connectivity index (χ1v) is 14.7. The zero-order valence-corrected chi connectivity index (χ0v) is 23.9. The van der Waals surface area contributed by atoms with Gasteiger partial charge in [0.25, 0.3) is 0 Å². The number of hydrogen-bond donors (Lipinski definition) is 3. The van der Waals surface area contributed by atoms with Crippen LogP contribution in [0.4, 0.5) is 17.5 Å². The number of nitrogens with zero attached hydrogens (tertiary/aromatic N) is 3. The number of benzene rings is 1. The van der Waals surface area contributed by atoms with E-state index in [0.29, 0.717) is 17.8 Å². The largest absolute Gasteiger partial charge is 0.489 e. The number of carbonyl (C=O) groups excluding carboxylic acids is 1. The molecule has 0 unspecified atom stereocenters. The van der Waals surface area contributed by atoms with Crippen molar-refractivity contribution in [1.82, 2.24) is 20.2 Å². The van der Waals surface area contributed by atoms with E-state index >= 15 is 0 Å². The van der Waals surface area contributed by atoms with Gasteiger partial charge >= 0.3 is 0 Å². The third-order valence-electron chi connectivity index (χ3n) is 7.65. The van der Waals surface area contributed by atoms with Crippen LogP contribution in [0.1, 0.15) is 52.4 Å². The summed E-state index contributed by atoms with van der Waals surface area (Å²) in [5.41, 5.74) is 0.885. The summed E-state index contributed by atoms with van der Waals surface area (Å²) in [6, 6.07) is 8.77. The van der Waals surface area contributed by atoms with Crippen molar-refractivity contribution >= 4 is 39.3 Å². The van der Waals surface area contributed by atoms with Crippen LogP contribution in [0.2, 0.25) is 0 Å². The van der Waals surface area contributed by atoms with Crippen LogP contribution in [0, 0.1) is 5.92 Å². The van der Waals surface area contributed by atoms with Crippen molar-refractivity contribution in [1.29, 1.82) is 0 Å². The van der Waals surface area contributed by atoms with Gasteiger partial charge in [-0.25, -0.2) is 4.98 Å². The molecule has 10 heteroatoms. The summed E-state index contributed by atoms with van der Waals surface area (Å²) in [6.45, 7) is 7.80. The molecule has 2 saturated heterocycles. The van der Waals surface area contributed by atoms with E-state index < -0.39 is 0 Å². The minimum atomic E-state index is -0.0631. The molecule has 0 radical (unpaired) electrons. The van der Waals surface area contributed by atoms with Crippen LogP contribution in [0.15, 0.2) is 34.9 Å². The quantitative estimate of drug-likeness (QED) is 0.388. The fourth-order valence-electron chi connectivity index (χ4n) is 5.71. The number of nitrogens with one attached hydrogen (secondary N) is 3. The zero-order chi connectivity index (χ0) is 26.5. The van der Waals surface area contributed by atoms with Gasteiger partial charge in [0.1, 0.15) is 17.7 Å². The van der Waals surface area contributed by atoms with Crippen molar-refractivity contribution in [2.75, 3.05) is 36.9 Å². The highest BCUT2D eigenvalue weighted by Gasteiger charge is 2.34. The summed E-state index contributed by atoms with van der Waals surface area (Å²) < 4.78 is 12.6. The third-order valence-corrected chi connectivity index (χ3v) is 8.23. The van der Waals surface area contributed by atoms with Gasteiger partial charge in [0, 0.05) is 56.3 Å². The van der Waals surface area contributed by atoms with E-state index in [0.717, 1.165) is 80.7 Å². The lowest BCUT2D eigenvalue weighted by Gasteiger charge is -2.30. The molecule has 9 nitrogen and oxygen atoms in total. The monoisotopic (exact) mass is 586 g/mol. The van der Waals surface area contributed by atoms with Gasteiger partial charge in [-0.2, -0.15) is 4.98 Å². The van der Waals surface area contributed by atoms with Crippen molar-refractivity contribution in [3.05, 3.63) is 34.9 Å². The second-order valence-corrected chi connectivity index (χ2v) is 11.7. The highest BCUT2D eigenvalue weighted by atomic mass is 79.9. The van der Waals surface area contributed by atoms with Crippen molar-refractivity contribution in [3.8, 4) is 5.75 Å². The molecule has 3 heterocycles. The molecule has 2 aliphatic heterocycles. The van der Waals surface area contributed by atoms with Gasteiger partial charge < -0.3 is 25.4 Å². The topological polar surface area (TPSA) is 101 Å². The summed E-state index contributed by atoms with van der Waals surface area (Å²) in [5.74, 6) is 2.10. The van der Waals surface area contributed by atoms with Crippen LogP contribution in [0.25, 0.3) is 0 Å². The van der Waals surface area contributed by atoms with Gasteiger partial charge in [0.05, 0.1) is 10.4 Å². The Kier molecular flexibility index (Phi) is 9.01. The molecule has 1 aromatic carbocycles. The van der Waals surface area contributed by atoms with Gasteiger partial charge in [0.15, 0.2) is 0 Å². The highest BCUT2D eigenvalue weighted by molar-refractivity contribution is 9.10. The summed E-state index contributed by atoms with van der Waals surface area (Å²) in [4.78, 5) is 24.3. The van der Waals surface area contributed by atoms with Crippen LogP contribution < -0.4 is 20.7 Å². The fourth-order valence-corrected chi connectivity index (χ4v) is 6.02. The van der Waals surface area contributed by atoms with Crippen LogP contribution in [-0.4, -0.2) is 71.3 Å². The van der Waals surface area contributed by atoms with Crippen LogP contribution in [-0.2, 0) is 9.53 Å². The summed E-state index contributed by atoms with van der Waals surface area (Å²) in [5, 5.41) is 9.83. The molecule has 1 aliphatic carbocycles. The molecule has 38 heavy (non-hydrogen) atoms. The number of likely N-dealkylation sites (tertiary alicyclic amines) is 1. The van der Waals surface area contributed by atoms with Gasteiger partial charge in [-0.05, 0) is 86.1 Å². The Balaban J connectivity index is 1.15. The summed E-state index contributed by atoms with van der Waals surface area (Å²) in [7, 11) is 0. The Bertz CT molecular complexity index is 1080. The Morgan fingerprint density at radius 3 is 2.68 bits per heavy atom. The first kappa shape index (κ1) is 27.1. The molecule has 1 aromatic heterocycles. The molecule has 5 rings (SSSR count). The number of anilines is 3. The van der Waals surface area contributed by atoms with Crippen molar-refractivity contribution in [2.45, 2.75) is 76.6 Å². The number of aromatic nitrogens is 2. The van der Waals surface area contributed by atoms with E-state index in [1.807, 2.05) is 38.1 Å². The number of carbonyl (C=O) groups is 1. The summed E-state index contributed by atoms with van der Waals surface area (Å²) >= 11 is 3.56. The van der Waals surface area contributed by atoms with E-state index in [1.165, 1.54) is 0 Å². The number of hydrogen-bond acceptors (Lipinski definition) is 8. The Hall–Kier alpha value is -2.43. The maximum atomic E-state index is 12.6. The molecular formula is C28H39BrN6O3. The third kappa shape index (κ3) is 6.95. The Labute approximate surface area is 233 Å². The summed E-state index contributed by atoms with van der Waals surface area (Å²) in [6.07, 6.45) is 8.09. The first-order chi connectivity index (χ1) is 18.4. The molecule has 2 aromatic rings. The molecule has 1 saturated carbocycles. The van der Waals surface area contributed by atoms with Gasteiger partial charge in [-0.3, -0.25) is 9.69 Å². The van der Waals surface area contributed by atoms with Gasteiger partial charge in [-0.1, -0.05) is 6.42 Å². The highest BCUT2D eigenvalue weighted by Crippen LogP contribution is 2.31. The van der Waals surface area contributed by atoms with Crippen LogP contribution in [0.3, 0.4) is 0 Å². The normalized spacial score (nSPS) is 24.5. The number of halogens is 1. The molecule has 3 N–H and O–H groups in total. The van der Waals surface area contributed by atoms with E-state index in [1.54, 1.807) is 6.20 Å². The second kappa shape index (κ2) is 12.6. The van der Waals surface area contributed by atoms with Crippen molar-refractivity contribution in [2.24, 2.45) is 5.92 Å². The molecule has 0 bridgehead atoms. The molecule has 1 amide bonds. The average molecular weight is 588 g/mol. The van der Waals surface area contributed by atoms with Crippen LogP contribution >= 0.6 is 15.9 Å². The molecule has 3 aliphatic rings. The lowest BCUT2D eigenvalue weighted by atomic mass is 10.0. The average Bonchev–Trinajstić information content (AvgIpc) is 3.57. The number of rotatable bonds is 9. The first-order valence-electron chi connectivity index (χ1n) is 13.9. The molecule has 0 spiro atoms. The lowest BCUT2D eigenvalue weighted by Crippen LogP contribution is -2.41. The SMILES string of the molecule is CC(C)NC(=O)[C@H]1CCC[C@H]1Nc1nc(Nc2ccc(O[C@H]3CCN(C4CCOCC4)C3)cc2)ncc1Br. The molecule has 206 valence electrons. The number of amides is 1. The van der Waals surface area contributed by atoms with Crippen molar-refractivity contribution in [3.63, 3.8) is 0 Å². The standard InChI is InChI=1S/C28H39BrN6O3/c1-18(2)31-27(36)23-4-3-5-25(23)33-26-24(29)16-30-28(34-26)32-19-6-8-21(9-7-19)38-22-10-13-35(17-22)20-11-14-37-15-12-20/h6-9,16,18,20,22-23,25H,3-5,10-15,17H2,1-2H3,(H,31,36)(H2,30,32,33,34)/t22-,23-,25+/m0/s1. The minimum absolute atomic E-state index is 0.0437. The molecule has 3 atom stereocenters. The number of ether oxygens (including phenoxy) is 2. The van der Waals surface area contributed by atoms with Crippen molar-refractivity contribution < 1.29 is 14.3 Å². The second-order valence-electron chi connectivity index (χ2n) is 10.9. The Morgan fingerprint density at radius 2 is 1.92 bits per heavy atom. The predicted octanol–water partition coefficient (Wildman–Crippen LogP) is 4.72. The smallest absolute Gasteiger partial charge is 0.229 e. The zero-order valence-electron chi connectivity index (χ0n) is 22.3. The van der Waals surface area contributed by atoms with E-state index in [-0.39, 0.29) is 30.0 Å². The van der Waals surface area contributed by atoms with Crippen LogP contribution in [0.5, 0.6) is 5.75 Å². The fraction of sp³-hybridized carbons (Fsp3) is 0.607. The molecular weight excluding hydrogens is 548 g/mol. The minimum Gasteiger partial charge on any atom is -0.489 e. The maximum absolute atomic E-state index is 12.6. The van der Waals surface area contributed by atoms with Gasteiger partial charge in [0.2, 0.25) is 11.9 Å². The van der Waals surface area contributed by atoms with E-state index in [4.69, 9.17) is 9.47 Å². The Morgan fingerprint density at radius 1 is 1.13 bits per heavy atom.